The Morgan fingerprint density at radius 2 is 1.88 bits per heavy atom. The summed E-state index contributed by atoms with van der Waals surface area (Å²) in [5, 5.41) is 12.7. The molecule has 4 rings (SSSR count). The van der Waals surface area contributed by atoms with E-state index >= 15 is 0 Å². The number of quaternary nitrogens is 1. The third kappa shape index (κ3) is 3.33. The summed E-state index contributed by atoms with van der Waals surface area (Å²) in [5.41, 5.74) is 1.33. The highest BCUT2D eigenvalue weighted by molar-refractivity contribution is 7.99. The highest BCUT2D eigenvalue weighted by Gasteiger charge is 2.30. The number of aliphatic carboxylic acids is 1. The average Bonchev–Trinajstić information content (AvgIpc) is 3.31. The first-order chi connectivity index (χ1) is 12.6. The zero-order chi connectivity index (χ0) is 18.1. The zero-order valence-corrected chi connectivity index (χ0v) is 14.4. The Morgan fingerprint density at radius 3 is 2.62 bits per heavy atom. The van der Waals surface area contributed by atoms with Crippen LogP contribution < -0.4 is 24.6 Å². The Labute approximate surface area is 153 Å². The first-order valence-electron chi connectivity index (χ1n) is 7.99. The van der Waals surface area contributed by atoms with Crippen LogP contribution in [-0.4, -0.2) is 30.5 Å². The van der Waals surface area contributed by atoms with E-state index in [2.05, 4.69) is 0 Å². The predicted molar refractivity (Wildman–Crippen MR) is 89.9 cm³/mol. The van der Waals surface area contributed by atoms with Crippen molar-refractivity contribution < 1.29 is 34.2 Å². The van der Waals surface area contributed by atoms with Crippen LogP contribution in [0.2, 0.25) is 0 Å². The van der Waals surface area contributed by atoms with Crippen LogP contribution >= 0.6 is 11.8 Å². The summed E-state index contributed by atoms with van der Waals surface area (Å²) in [6.45, 7) is 0.143. The van der Waals surface area contributed by atoms with Gasteiger partial charge >= 0.3 is 5.97 Å². The maximum Gasteiger partial charge on any atom is 0.343 e. The minimum atomic E-state index is -1.05. The third-order valence-corrected chi connectivity index (χ3v) is 5.53. The lowest BCUT2D eigenvalue weighted by atomic mass is 10.2. The van der Waals surface area contributed by atoms with Crippen molar-refractivity contribution in [2.45, 2.75) is 11.4 Å². The molecule has 2 heterocycles. The molecule has 2 aromatic rings. The van der Waals surface area contributed by atoms with Gasteiger partial charge in [0.2, 0.25) is 6.79 Å². The number of hydrogen-bond acceptors (Lipinski definition) is 7. The molecule has 8 heteroatoms. The Bertz CT molecular complexity index is 853. The van der Waals surface area contributed by atoms with E-state index in [1.54, 1.807) is 47.4 Å². The number of carbonyl (C=O) groups excluding carboxylic acids is 2. The Kier molecular flexibility index (Phi) is 4.44. The van der Waals surface area contributed by atoms with E-state index in [1.165, 1.54) is 0 Å². The second kappa shape index (κ2) is 6.89. The summed E-state index contributed by atoms with van der Waals surface area (Å²) in [6, 6.07) is 11.4. The number of fused-ring (bicyclic) bond motifs is 1. The van der Waals surface area contributed by atoms with Gasteiger partial charge in [-0.3, -0.25) is 0 Å². The van der Waals surface area contributed by atoms with Crippen molar-refractivity contribution in [3.05, 3.63) is 53.6 Å². The van der Waals surface area contributed by atoms with Crippen LogP contribution in [0.15, 0.2) is 42.5 Å². The van der Waals surface area contributed by atoms with Crippen LogP contribution in [-0.2, 0) is 4.79 Å². The van der Waals surface area contributed by atoms with Crippen LogP contribution in [0.4, 0.5) is 0 Å². The molecule has 26 heavy (non-hydrogen) atoms. The second-order valence-electron chi connectivity index (χ2n) is 5.90. The molecule has 2 aliphatic heterocycles. The molecule has 1 saturated heterocycles. The predicted octanol–water partition coefficient (Wildman–Crippen LogP) is 0.0618. The maximum absolute atomic E-state index is 12.3. The normalized spacial score (nSPS) is 20.8. The summed E-state index contributed by atoms with van der Waals surface area (Å²) in [7, 11) is 0. The molecular formula is C18H15NO6S. The van der Waals surface area contributed by atoms with Crippen LogP contribution in [0.3, 0.4) is 0 Å². The average molecular weight is 373 g/mol. The zero-order valence-electron chi connectivity index (χ0n) is 13.5. The van der Waals surface area contributed by atoms with Crippen LogP contribution in [0.5, 0.6) is 17.2 Å². The monoisotopic (exact) mass is 373 g/mol. The summed E-state index contributed by atoms with van der Waals surface area (Å²) < 4.78 is 15.9. The molecule has 7 nitrogen and oxygen atoms in total. The van der Waals surface area contributed by atoms with Gasteiger partial charge in [-0.2, -0.15) is 0 Å². The van der Waals surface area contributed by atoms with Crippen molar-refractivity contribution in [2.24, 2.45) is 0 Å². The van der Waals surface area contributed by atoms with Gasteiger partial charge < -0.3 is 29.4 Å². The Balaban J connectivity index is 1.41. The SMILES string of the molecule is O=C(Oc1ccc([C@H]2[NH2+][C@H](C(=O)[O-])CS2)cc1)c1ccc2c(c1)OCO2. The van der Waals surface area contributed by atoms with Gasteiger partial charge in [-0.25, -0.2) is 4.79 Å². The van der Waals surface area contributed by atoms with Gasteiger partial charge in [-0.15, -0.1) is 0 Å². The van der Waals surface area contributed by atoms with E-state index in [1.807, 2.05) is 12.1 Å². The second-order valence-corrected chi connectivity index (χ2v) is 7.07. The number of benzene rings is 2. The number of carboxylic acids is 1. The number of thioether (sulfide) groups is 1. The van der Waals surface area contributed by atoms with Gasteiger partial charge in [0.25, 0.3) is 0 Å². The van der Waals surface area contributed by atoms with Crippen molar-refractivity contribution in [3.63, 3.8) is 0 Å². The number of nitrogens with two attached hydrogens (primary N) is 1. The van der Waals surface area contributed by atoms with E-state index in [9.17, 15) is 14.7 Å². The van der Waals surface area contributed by atoms with Crippen molar-refractivity contribution in [2.75, 3.05) is 12.5 Å². The van der Waals surface area contributed by atoms with Crippen molar-refractivity contribution in [1.82, 2.24) is 0 Å². The maximum atomic E-state index is 12.3. The molecule has 0 aliphatic carbocycles. The van der Waals surface area contributed by atoms with E-state index < -0.39 is 18.0 Å². The number of esters is 1. The molecule has 0 aromatic heterocycles. The first-order valence-corrected chi connectivity index (χ1v) is 9.04. The van der Waals surface area contributed by atoms with Crippen LogP contribution in [0.25, 0.3) is 0 Å². The third-order valence-electron chi connectivity index (χ3n) is 4.19. The molecule has 2 aromatic carbocycles. The molecular weight excluding hydrogens is 358 g/mol. The van der Waals surface area contributed by atoms with Gasteiger partial charge in [-0.1, -0.05) is 11.8 Å². The number of rotatable bonds is 4. The molecule has 0 saturated carbocycles. The molecule has 2 atom stereocenters. The fourth-order valence-electron chi connectivity index (χ4n) is 2.80. The minimum Gasteiger partial charge on any atom is -0.544 e. The molecule has 0 bridgehead atoms. The molecule has 0 amide bonds. The lowest BCUT2D eigenvalue weighted by Crippen LogP contribution is -2.90. The highest BCUT2D eigenvalue weighted by Crippen LogP contribution is 2.33. The highest BCUT2D eigenvalue weighted by atomic mass is 32.2. The largest absolute Gasteiger partial charge is 0.544 e. The van der Waals surface area contributed by atoms with Gasteiger partial charge in [-0.05, 0) is 42.5 Å². The number of carbonyl (C=O) groups is 2. The molecule has 134 valence electrons. The van der Waals surface area contributed by atoms with Crippen molar-refractivity contribution in [3.8, 4) is 17.2 Å². The van der Waals surface area contributed by atoms with Crippen molar-refractivity contribution >= 4 is 23.7 Å². The fourth-order valence-corrected chi connectivity index (χ4v) is 4.11. The topological polar surface area (TPSA) is 102 Å². The first kappa shape index (κ1) is 16.7. The van der Waals surface area contributed by atoms with Gasteiger partial charge in [0.05, 0.1) is 11.3 Å². The number of ether oxygens (including phenoxy) is 3. The molecule has 2 N–H and O–H groups in total. The summed E-state index contributed by atoms with van der Waals surface area (Å²) >= 11 is 1.55. The molecule has 1 fully saturated rings. The molecule has 2 aliphatic rings. The minimum absolute atomic E-state index is 0.00323. The quantitative estimate of drug-likeness (QED) is 0.597. The molecule has 0 unspecified atom stereocenters. The van der Waals surface area contributed by atoms with E-state index in [0.717, 1.165) is 5.56 Å². The molecule has 0 radical (unpaired) electrons. The van der Waals surface area contributed by atoms with Crippen LogP contribution in [0, 0.1) is 0 Å². The molecule has 0 spiro atoms. The summed E-state index contributed by atoms with van der Waals surface area (Å²) in [5.74, 6) is 0.505. The lowest BCUT2D eigenvalue weighted by Gasteiger charge is -2.11. The smallest absolute Gasteiger partial charge is 0.343 e. The standard InChI is InChI=1S/C18H15NO6S/c20-17(21)13-8-26-16(19-13)10-1-4-12(5-2-10)25-18(22)11-3-6-14-15(7-11)24-9-23-14/h1-7,13,16,19H,8-9H2,(H,20,21)/t13-,16-/m0/s1. The van der Waals surface area contributed by atoms with E-state index in [4.69, 9.17) is 14.2 Å². The van der Waals surface area contributed by atoms with E-state index in [-0.39, 0.29) is 12.2 Å². The Hall–Kier alpha value is -2.71. The fraction of sp³-hybridized carbons (Fsp3) is 0.222. The van der Waals surface area contributed by atoms with Crippen molar-refractivity contribution in [1.29, 1.82) is 0 Å². The van der Waals surface area contributed by atoms with Gasteiger partial charge in [0, 0.05) is 5.56 Å². The Morgan fingerprint density at radius 1 is 1.12 bits per heavy atom. The number of carboxylic acid groups (broad SMARTS) is 1. The van der Waals surface area contributed by atoms with Gasteiger partial charge in [0.1, 0.15) is 17.8 Å². The van der Waals surface area contributed by atoms with Crippen LogP contribution in [0.1, 0.15) is 21.3 Å². The summed E-state index contributed by atoms with van der Waals surface area (Å²) in [4.78, 5) is 23.2. The lowest BCUT2D eigenvalue weighted by molar-refractivity contribution is -0.690. The summed E-state index contributed by atoms with van der Waals surface area (Å²) in [6.07, 6.45) is 0. The van der Waals surface area contributed by atoms with E-state index in [0.29, 0.717) is 28.6 Å². The van der Waals surface area contributed by atoms with Gasteiger partial charge in [0.15, 0.2) is 16.9 Å². The number of hydrogen-bond donors (Lipinski definition) is 1.